The van der Waals surface area contributed by atoms with Gasteiger partial charge in [-0.2, -0.15) is 0 Å². The molecule has 0 radical (unpaired) electrons. The number of carboxylic acids is 1. The summed E-state index contributed by atoms with van der Waals surface area (Å²) in [6.07, 6.45) is 1.48. The lowest BCUT2D eigenvalue weighted by Gasteiger charge is -2.33. The van der Waals surface area contributed by atoms with Gasteiger partial charge in [0.2, 0.25) is 5.91 Å². The molecular weight excluding hydrogens is 266 g/mol. The van der Waals surface area contributed by atoms with Gasteiger partial charge in [-0.05, 0) is 19.1 Å². The molecule has 2 heterocycles. The van der Waals surface area contributed by atoms with Gasteiger partial charge >= 0.3 is 12.0 Å². The van der Waals surface area contributed by atoms with Gasteiger partial charge in [0.1, 0.15) is 18.3 Å². The van der Waals surface area contributed by atoms with Crippen molar-refractivity contribution >= 4 is 17.9 Å². The normalized spacial score (nSPS) is 20.1. The molecule has 1 aromatic heterocycles. The fourth-order valence-electron chi connectivity index (χ4n) is 1.95. The summed E-state index contributed by atoms with van der Waals surface area (Å²) in [6.45, 7) is 1.32. The van der Waals surface area contributed by atoms with E-state index in [1.54, 1.807) is 19.1 Å². The van der Waals surface area contributed by atoms with E-state index in [0.717, 1.165) is 4.90 Å². The van der Waals surface area contributed by atoms with Gasteiger partial charge in [-0.15, -0.1) is 0 Å². The first-order valence-electron chi connectivity index (χ1n) is 6.09. The molecule has 1 saturated heterocycles. The maximum atomic E-state index is 12.1. The number of amides is 3. The van der Waals surface area contributed by atoms with E-state index >= 15 is 0 Å². The number of nitrogens with zero attached hydrogens (tertiary/aromatic N) is 1. The number of urea groups is 1. The number of hydrogen-bond acceptors (Lipinski definition) is 4. The summed E-state index contributed by atoms with van der Waals surface area (Å²) < 4.78 is 5.15. The van der Waals surface area contributed by atoms with Crippen LogP contribution in [0.2, 0.25) is 0 Å². The van der Waals surface area contributed by atoms with Crippen molar-refractivity contribution in [2.45, 2.75) is 19.0 Å². The fourth-order valence-corrected chi connectivity index (χ4v) is 1.95. The van der Waals surface area contributed by atoms with Gasteiger partial charge in [0, 0.05) is 6.54 Å². The summed E-state index contributed by atoms with van der Waals surface area (Å²) in [5.74, 6) is -0.999. The molecule has 1 aliphatic rings. The summed E-state index contributed by atoms with van der Waals surface area (Å²) in [5.41, 5.74) is 0. The molecule has 3 N–H and O–H groups in total. The van der Waals surface area contributed by atoms with Crippen LogP contribution in [0.4, 0.5) is 4.79 Å². The third-order valence-corrected chi connectivity index (χ3v) is 3.04. The van der Waals surface area contributed by atoms with Gasteiger partial charge in [-0.25, -0.2) is 9.59 Å². The van der Waals surface area contributed by atoms with E-state index in [1.807, 2.05) is 0 Å². The Hall–Kier alpha value is -2.51. The molecule has 0 spiro atoms. The van der Waals surface area contributed by atoms with Crippen molar-refractivity contribution in [1.29, 1.82) is 0 Å². The molecule has 8 nitrogen and oxygen atoms in total. The quantitative estimate of drug-likeness (QED) is 0.718. The molecule has 0 aromatic carbocycles. The molecule has 1 aliphatic heterocycles. The molecule has 20 heavy (non-hydrogen) atoms. The van der Waals surface area contributed by atoms with E-state index in [1.165, 1.54) is 6.26 Å². The molecule has 3 amide bonds. The minimum atomic E-state index is -1.16. The highest BCUT2D eigenvalue weighted by atomic mass is 16.4. The standard InChI is InChI=1S/C12H15N3O5/c1-7(9-3-2-4-20-9)14-12(19)15-6-10(16)13-5-8(15)11(17)18/h2-4,7-8H,5-6H2,1H3,(H,13,16)(H,14,19)(H,17,18). The van der Waals surface area contributed by atoms with E-state index in [9.17, 15) is 14.4 Å². The predicted octanol–water partition coefficient (Wildman–Crippen LogP) is -0.0648. The molecule has 2 atom stereocenters. The van der Waals surface area contributed by atoms with Crippen LogP contribution < -0.4 is 10.6 Å². The lowest BCUT2D eigenvalue weighted by molar-refractivity contribution is -0.144. The number of nitrogens with one attached hydrogen (secondary N) is 2. The Morgan fingerprint density at radius 1 is 1.60 bits per heavy atom. The van der Waals surface area contributed by atoms with E-state index in [0.29, 0.717) is 5.76 Å². The minimum absolute atomic E-state index is 0.100. The lowest BCUT2D eigenvalue weighted by Crippen LogP contribution is -2.61. The summed E-state index contributed by atoms with van der Waals surface area (Å²) in [7, 11) is 0. The average Bonchev–Trinajstić information content (AvgIpc) is 2.92. The Kier molecular flexibility index (Phi) is 3.92. The van der Waals surface area contributed by atoms with E-state index in [-0.39, 0.29) is 19.0 Å². The highest BCUT2D eigenvalue weighted by Gasteiger charge is 2.35. The number of rotatable bonds is 3. The molecule has 0 saturated carbocycles. The van der Waals surface area contributed by atoms with Crippen molar-refractivity contribution in [2.24, 2.45) is 0 Å². The molecule has 0 bridgehead atoms. The lowest BCUT2D eigenvalue weighted by atomic mass is 10.2. The summed E-state index contributed by atoms with van der Waals surface area (Å²) >= 11 is 0. The van der Waals surface area contributed by atoms with Crippen LogP contribution in [0.5, 0.6) is 0 Å². The third-order valence-electron chi connectivity index (χ3n) is 3.04. The van der Waals surface area contributed by atoms with Crippen LogP contribution in [0.25, 0.3) is 0 Å². The van der Waals surface area contributed by atoms with E-state index < -0.39 is 24.1 Å². The fraction of sp³-hybridized carbons (Fsp3) is 0.417. The van der Waals surface area contributed by atoms with Crippen LogP contribution in [-0.4, -0.2) is 47.0 Å². The van der Waals surface area contributed by atoms with Gasteiger partial charge < -0.3 is 20.2 Å². The first-order chi connectivity index (χ1) is 9.49. The maximum absolute atomic E-state index is 12.1. The van der Waals surface area contributed by atoms with Gasteiger partial charge in [-0.3, -0.25) is 9.69 Å². The van der Waals surface area contributed by atoms with Crippen LogP contribution in [0.1, 0.15) is 18.7 Å². The van der Waals surface area contributed by atoms with Crippen LogP contribution in [0, 0.1) is 0 Å². The molecule has 1 aromatic rings. The van der Waals surface area contributed by atoms with Gasteiger partial charge in [0.15, 0.2) is 0 Å². The number of hydrogen-bond donors (Lipinski definition) is 3. The highest BCUT2D eigenvalue weighted by molar-refractivity contribution is 5.90. The number of carbonyl (C=O) groups excluding carboxylic acids is 2. The van der Waals surface area contributed by atoms with Crippen molar-refractivity contribution < 1.29 is 23.9 Å². The second-order valence-electron chi connectivity index (χ2n) is 4.47. The number of furan rings is 1. The average molecular weight is 281 g/mol. The molecular formula is C12H15N3O5. The SMILES string of the molecule is CC(NC(=O)N1CC(=O)NCC1C(=O)O)c1ccco1. The molecule has 2 unspecified atom stereocenters. The molecule has 2 rings (SSSR count). The first-order valence-corrected chi connectivity index (χ1v) is 6.09. The Labute approximate surface area is 114 Å². The largest absolute Gasteiger partial charge is 0.480 e. The van der Waals surface area contributed by atoms with Crippen molar-refractivity contribution in [1.82, 2.24) is 15.5 Å². The van der Waals surface area contributed by atoms with Crippen molar-refractivity contribution in [3.05, 3.63) is 24.2 Å². The Balaban J connectivity index is 2.05. The number of aliphatic carboxylic acids is 1. The smallest absolute Gasteiger partial charge is 0.328 e. The maximum Gasteiger partial charge on any atom is 0.328 e. The minimum Gasteiger partial charge on any atom is -0.480 e. The Morgan fingerprint density at radius 2 is 2.35 bits per heavy atom. The second kappa shape index (κ2) is 5.64. The summed E-state index contributed by atoms with van der Waals surface area (Å²) in [5, 5.41) is 14.1. The summed E-state index contributed by atoms with van der Waals surface area (Å²) in [6, 6.07) is 1.28. The monoisotopic (exact) mass is 281 g/mol. The van der Waals surface area contributed by atoms with Crippen LogP contribution in [0.15, 0.2) is 22.8 Å². The topological polar surface area (TPSA) is 112 Å². The zero-order valence-corrected chi connectivity index (χ0v) is 10.8. The predicted molar refractivity (Wildman–Crippen MR) is 66.8 cm³/mol. The number of carbonyl (C=O) groups is 3. The summed E-state index contributed by atoms with van der Waals surface area (Å²) in [4.78, 5) is 35.5. The first kappa shape index (κ1) is 13.9. The van der Waals surface area contributed by atoms with Gasteiger partial charge in [-0.1, -0.05) is 0 Å². The third kappa shape index (κ3) is 2.90. The van der Waals surface area contributed by atoms with Crippen molar-refractivity contribution in [3.63, 3.8) is 0 Å². The molecule has 8 heteroatoms. The van der Waals surface area contributed by atoms with Crippen molar-refractivity contribution in [2.75, 3.05) is 13.1 Å². The van der Waals surface area contributed by atoms with Crippen LogP contribution in [-0.2, 0) is 9.59 Å². The number of carboxylic acid groups (broad SMARTS) is 1. The van der Waals surface area contributed by atoms with Crippen LogP contribution >= 0.6 is 0 Å². The zero-order valence-electron chi connectivity index (χ0n) is 10.8. The van der Waals surface area contributed by atoms with E-state index in [2.05, 4.69) is 10.6 Å². The Morgan fingerprint density at radius 3 is 2.95 bits per heavy atom. The van der Waals surface area contributed by atoms with Gasteiger partial charge in [0.25, 0.3) is 0 Å². The number of piperazine rings is 1. The van der Waals surface area contributed by atoms with Crippen molar-refractivity contribution in [3.8, 4) is 0 Å². The molecule has 1 fully saturated rings. The molecule has 108 valence electrons. The Bertz CT molecular complexity index is 513. The van der Waals surface area contributed by atoms with E-state index in [4.69, 9.17) is 9.52 Å². The van der Waals surface area contributed by atoms with Gasteiger partial charge in [0.05, 0.1) is 12.3 Å². The zero-order chi connectivity index (χ0) is 14.7. The highest BCUT2D eigenvalue weighted by Crippen LogP contribution is 2.14. The van der Waals surface area contributed by atoms with Crippen LogP contribution in [0.3, 0.4) is 0 Å². The molecule has 0 aliphatic carbocycles. The second-order valence-corrected chi connectivity index (χ2v) is 4.47.